The number of anilines is 1. The minimum atomic E-state index is -0.388. The lowest BCUT2D eigenvalue weighted by molar-refractivity contribution is -0.128. The molecule has 2 N–H and O–H groups in total. The van der Waals surface area contributed by atoms with Crippen LogP contribution in [0.5, 0.6) is 0 Å². The Morgan fingerprint density at radius 2 is 2.09 bits per heavy atom. The van der Waals surface area contributed by atoms with Gasteiger partial charge in [-0.25, -0.2) is 0 Å². The highest BCUT2D eigenvalue weighted by molar-refractivity contribution is 6.32. The average Bonchev–Trinajstić information content (AvgIpc) is 2.51. The second kappa shape index (κ2) is 6.08. The molecule has 0 unspecified atom stereocenters. The fourth-order valence-electron chi connectivity index (χ4n) is 2.23. The van der Waals surface area contributed by atoms with Crippen molar-refractivity contribution in [3.05, 3.63) is 51.9 Å². The van der Waals surface area contributed by atoms with Crippen molar-refractivity contribution in [1.82, 2.24) is 9.78 Å². The van der Waals surface area contributed by atoms with Gasteiger partial charge in [0, 0.05) is 6.54 Å². The molecule has 1 saturated heterocycles. The van der Waals surface area contributed by atoms with Crippen LogP contribution in [0.3, 0.4) is 0 Å². The molecule has 0 radical (unpaired) electrons. The van der Waals surface area contributed by atoms with E-state index in [0.717, 1.165) is 0 Å². The smallest absolute Gasteiger partial charge is 0.292 e. The van der Waals surface area contributed by atoms with E-state index in [0.29, 0.717) is 31.1 Å². The van der Waals surface area contributed by atoms with Crippen LogP contribution < -0.4 is 10.9 Å². The maximum Gasteiger partial charge on any atom is 0.292 e. The Morgan fingerprint density at radius 1 is 1.36 bits per heavy atom. The molecule has 2 heterocycles. The number of hydrogen-bond acceptors (Lipinski definition) is 5. The monoisotopic (exact) mass is 321 g/mol. The van der Waals surface area contributed by atoms with E-state index in [1.165, 1.54) is 10.9 Å². The summed E-state index contributed by atoms with van der Waals surface area (Å²) in [5.74, 6) is 0. The van der Waals surface area contributed by atoms with Crippen molar-refractivity contribution < 1.29 is 9.84 Å². The van der Waals surface area contributed by atoms with Gasteiger partial charge in [0.1, 0.15) is 5.02 Å². The van der Waals surface area contributed by atoms with Gasteiger partial charge in [0.2, 0.25) is 0 Å². The molecule has 0 atom stereocenters. The first kappa shape index (κ1) is 15.0. The quantitative estimate of drug-likeness (QED) is 0.868. The van der Waals surface area contributed by atoms with Gasteiger partial charge in [-0.05, 0) is 12.1 Å². The molecule has 1 fully saturated rings. The Labute approximate surface area is 132 Å². The third kappa shape index (κ3) is 2.72. The van der Waals surface area contributed by atoms with Crippen molar-refractivity contribution in [3.63, 3.8) is 0 Å². The zero-order chi connectivity index (χ0) is 15.6. The molecule has 1 aliphatic rings. The molecule has 0 spiro atoms. The number of aliphatic hydroxyl groups excluding tert-OH is 1. The molecule has 0 amide bonds. The highest BCUT2D eigenvalue weighted by Crippen LogP contribution is 2.28. The SMILES string of the molecule is O=c1c(Cl)c(NCC2(CO)COC2)cnn1-c1ccccc1. The van der Waals surface area contributed by atoms with Crippen molar-refractivity contribution in [2.45, 2.75) is 0 Å². The Kier molecular flexibility index (Phi) is 4.15. The number of nitrogens with zero attached hydrogens (tertiary/aromatic N) is 2. The minimum Gasteiger partial charge on any atom is -0.396 e. The Balaban J connectivity index is 1.83. The third-order valence-corrected chi connectivity index (χ3v) is 4.09. The molecule has 2 aromatic rings. The van der Waals surface area contributed by atoms with Crippen molar-refractivity contribution in [2.75, 3.05) is 31.7 Å². The van der Waals surface area contributed by atoms with Gasteiger partial charge in [-0.15, -0.1) is 0 Å². The Bertz CT molecular complexity index is 708. The lowest BCUT2D eigenvalue weighted by Crippen LogP contribution is -2.50. The predicted molar refractivity (Wildman–Crippen MR) is 83.7 cm³/mol. The molecule has 0 saturated carbocycles. The lowest BCUT2D eigenvalue weighted by atomic mass is 9.87. The van der Waals surface area contributed by atoms with Crippen LogP contribution in [-0.2, 0) is 4.74 Å². The molecule has 0 bridgehead atoms. The number of ether oxygens (including phenoxy) is 1. The largest absolute Gasteiger partial charge is 0.396 e. The van der Waals surface area contributed by atoms with Gasteiger partial charge in [0.25, 0.3) is 5.56 Å². The summed E-state index contributed by atoms with van der Waals surface area (Å²) in [4.78, 5) is 12.3. The topological polar surface area (TPSA) is 76.4 Å². The van der Waals surface area contributed by atoms with Crippen LogP contribution in [-0.4, -0.2) is 41.3 Å². The highest BCUT2D eigenvalue weighted by Gasteiger charge is 2.38. The standard InChI is InChI=1S/C15H16ClN3O3/c16-13-12(17-7-15(8-20)9-22-10-15)6-18-19(14(13)21)11-4-2-1-3-5-11/h1-6,17,20H,7-10H2. The van der Waals surface area contributed by atoms with Crippen LogP contribution in [0.15, 0.2) is 41.3 Å². The molecule has 116 valence electrons. The maximum absolute atomic E-state index is 12.3. The molecule has 22 heavy (non-hydrogen) atoms. The Hall–Kier alpha value is -1.89. The van der Waals surface area contributed by atoms with Gasteiger partial charge in [-0.2, -0.15) is 9.78 Å². The third-order valence-electron chi connectivity index (χ3n) is 3.73. The zero-order valence-electron chi connectivity index (χ0n) is 11.8. The summed E-state index contributed by atoms with van der Waals surface area (Å²) in [7, 11) is 0. The number of nitrogens with one attached hydrogen (secondary N) is 1. The first-order valence-electron chi connectivity index (χ1n) is 6.91. The first-order valence-corrected chi connectivity index (χ1v) is 7.29. The second-order valence-electron chi connectivity index (χ2n) is 5.43. The number of benzene rings is 1. The average molecular weight is 322 g/mol. The molecular weight excluding hydrogens is 306 g/mol. The number of para-hydroxylation sites is 1. The van der Waals surface area contributed by atoms with Crippen LogP contribution in [0.1, 0.15) is 0 Å². The number of rotatable bonds is 5. The van der Waals surface area contributed by atoms with Gasteiger partial charge in [0.15, 0.2) is 0 Å². The number of aromatic nitrogens is 2. The van der Waals surface area contributed by atoms with Crippen LogP contribution in [0.25, 0.3) is 5.69 Å². The van der Waals surface area contributed by atoms with E-state index in [2.05, 4.69) is 10.4 Å². The van der Waals surface area contributed by atoms with E-state index in [-0.39, 0.29) is 22.6 Å². The van der Waals surface area contributed by atoms with Crippen LogP contribution >= 0.6 is 11.6 Å². The van der Waals surface area contributed by atoms with E-state index in [1.807, 2.05) is 18.2 Å². The summed E-state index contributed by atoms with van der Waals surface area (Å²) in [6, 6.07) is 9.08. The number of halogens is 1. The molecule has 1 aromatic heterocycles. The summed E-state index contributed by atoms with van der Waals surface area (Å²) in [6.45, 7) is 1.47. The highest BCUT2D eigenvalue weighted by atomic mass is 35.5. The van der Waals surface area contributed by atoms with Crippen molar-refractivity contribution in [2.24, 2.45) is 5.41 Å². The predicted octanol–water partition coefficient (Wildman–Crippen LogP) is 1.31. The molecule has 3 rings (SSSR count). The summed E-state index contributed by atoms with van der Waals surface area (Å²) >= 11 is 6.15. The van der Waals surface area contributed by atoms with Crippen LogP contribution in [0, 0.1) is 5.41 Å². The lowest BCUT2D eigenvalue weighted by Gasteiger charge is -2.40. The molecular formula is C15H16ClN3O3. The molecule has 0 aliphatic carbocycles. The fourth-order valence-corrected chi connectivity index (χ4v) is 2.43. The summed E-state index contributed by atoms with van der Waals surface area (Å²) in [6.07, 6.45) is 1.52. The molecule has 1 aromatic carbocycles. The summed E-state index contributed by atoms with van der Waals surface area (Å²) < 4.78 is 6.39. The Morgan fingerprint density at radius 3 is 2.68 bits per heavy atom. The van der Waals surface area contributed by atoms with Gasteiger partial charge < -0.3 is 15.2 Å². The van der Waals surface area contributed by atoms with E-state index in [4.69, 9.17) is 16.3 Å². The van der Waals surface area contributed by atoms with E-state index in [1.54, 1.807) is 12.1 Å². The minimum absolute atomic E-state index is 0.0200. The van der Waals surface area contributed by atoms with E-state index >= 15 is 0 Å². The summed E-state index contributed by atoms with van der Waals surface area (Å²) in [5.41, 5.74) is 0.414. The van der Waals surface area contributed by atoms with Gasteiger partial charge in [0.05, 0.1) is 42.8 Å². The van der Waals surface area contributed by atoms with E-state index in [9.17, 15) is 9.90 Å². The summed E-state index contributed by atoms with van der Waals surface area (Å²) in [5, 5.41) is 16.7. The number of hydrogen-bond donors (Lipinski definition) is 2. The maximum atomic E-state index is 12.3. The van der Waals surface area contributed by atoms with Gasteiger partial charge in [-0.3, -0.25) is 4.79 Å². The van der Waals surface area contributed by atoms with Crippen LogP contribution in [0.4, 0.5) is 5.69 Å². The van der Waals surface area contributed by atoms with Crippen LogP contribution in [0.2, 0.25) is 5.02 Å². The zero-order valence-corrected chi connectivity index (χ0v) is 12.6. The van der Waals surface area contributed by atoms with Crippen molar-refractivity contribution >= 4 is 17.3 Å². The molecule has 6 nitrogen and oxygen atoms in total. The second-order valence-corrected chi connectivity index (χ2v) is 5.81. The number of aliphatic hydroxyl groups is 1. The molecule has 7 heteroatoms. The fraction of sp³-hybridized carbons (Fsp3) is 0.333. The molecule has 1 aliphatic heterocycles. The van der Waals surface area contributed by atoms with Gasteiger partial charge >= 0.3 is 0 Å². The van der Waals surface area contributed by atoms with E-state index < -0.39 is 0 Å². The first-order chi connectivity index (χ1) is 10.7. The van der Waals surface area contributed by atoms with Crippen molar-refractivity contribution in [1.29, 1.82) is 0 Å². The normalized spacial score (nSPS) is 16.1. The van der Waals surface area contributed by atoms with Crippen molar-refractivity contribution in [3.8, 4) is 5.69 Å². The van der Waals surface area contributed by atoms with Gasteiger partial charge in [-0.1, -0.05) is 29.8 Å².